The summed E-state index contributed by atoms with van der Waals surface area (Å²) >= 11 is 0. The van der Waals surface area contributed by atoms with Gasteiger partial charge < -0.3 is 74.7 Å². The van der Waals surface area contributed by atoms with Crippen LogP contribution in [0.5, 0.6) is 0 Å². The summed E-state index contributed by atoms with van der Waals surface area (Å²) in [6.07, 6.45) is -15.5. The largest absolute Gasteiger partial charge is 0.394 e. The van der Waals surface area contributed by atoms with Crippen molar-refractivity contribution in [3.05, 3.63) is 0 Å². The van der Waals surface area contributed by atoms with Gasteiger partial charge in [0.25, 0.3) is 0 Å². The van der Waals surface area contributed by atoms with Crippen LogP contribution in [0.2, 0.25) is 0 Å². The summed E-state index contributed by atoms with van der Waals surface area (Å²) < 4.78 is 30.1. The maximum atomic E-state index is 10.7. The van der Waals surface area contributed by atoms with Gasteiger partial charge in [-0.05, 0) is 44.4 Å². The van der Waals surface area contributed by atoms with Crippen molar-refractivity contribution in [3.63, 3.8) is 0 Å². The normalized spacial score (nSPS) is 53.9. The van der Waals surface area contributed by atoms with E-state index in [1.807, 2.05) is 0 Å². The van der Waals surface area contributed by atoms with E-state index in [1.165, 1.54) is 0 Å². The Labute approximate surface area is 243 Å². The minimum atomic E-state index is -1.64. The molecule has 6 unspecified atom stereocenters. The monoisotopic (exact) mass is 610 g/mol. The van der Waals surface area contributed by atoms with Crippen molar-refractivity contribution in [2.75, 3.05) is 13.2 Å². The minimum absolute atomic E-state index is 0.0341. The van der Waals surface area contributed by atoms with Crippen molar-refractivity contribution < 1.29 is 74.7 Å². The van der Waals surface area contributed by atoms with Crippen molar-refractivity contribution in [3.8, 4) is 0 Å². The minimum Gasteiger partial charge on any atom is -0.394 e. The van der Waals surface area contributed by atoms with Crippen LogP contribution < -0.4 is 0 Å². The molecular weight excluding hydrogens is 564 g/mol. The van der Waals surface area contributed by atoms with E-state index in [0.29, 0.717) is 25.7 Å². The van der Waals surface area contributed by atoms with E-state index in [4.69, 9.17) is 23.7 Å². The molecule has 0 aromatic heterocycles. The van der Waals surface area contributed by atoms with Crippen LogP contribution in [0.3, 0.4) is 0 Å². The Bertz CT molecular complexity index is 855. The lowest BCUT2D eigenvalue weighted by atomic mass is 9.73. The molecule has 2 aliphatic carbocycles. The highest BCUT2D eigenvalue weighted by Gasteiger charge is 2.53. The van der Waals surface area contributed by atoms with Crippen LogP contribution in [-0.4, -0.2) is 162 Å². The van der Waals surface area contributed by atoms with Gasteiger partial charge in [0.1, 0.15) is 48.8 Å². The third kappa shape index (κ3) is 6.66. The zero-order valence-corrected chi connectivity index (χ0v) is 23.3. The van der Waals surface area contributed by atoms with Crippen molar-refractivity contribution in [1.29, 1.82) is 0 Å². The Balaban J connectivity index is 1.36. The van der Waals surface area contributed by atoms with Gasteiger partial charge in [-0.15, -0.1) is 0 Å². The summed E-state index contributed by atoms with van der Waals surface area (Å²) in [5.74, 6) is -0.464. The zero-order valence-electron chi connectivity index (χ0n) is 23.3. The van der Waals surface area contributed by atoms with Crippen LogP contribution >= 0.6 is 0 Å². The first-order valence-corrected chi connectivity index (χ1v) is 15.0. The molecule has 0 aromatic rings. The Morgan fingerprint density at radius 3 is 1.57 bits per heavy atom. The van der Waals surface area contributed by atoms with Crippen molar-refractivity contribution in [2.45, 2.75) is 143 Å². The van der Waals surface area contributed by atoms with Gasteiger partial charge in [-0.1, -0.05) is 0 Å². The molecule has 3 saturated heterocycles. The molecule has 0 aromatic carbocycles. The maximum absolute atomic E-state index is 10.7. The van der Waals surface area contributed by atoms with Crippen LogP contribution in [0.25, 0.3) is 0 Å². The molecular formula is C27H46O15. The number of aliphatic hydroxyl groups excluding tert-OH is 10. The molecule has 244 valence electrons. The summed E-state index contributed by atoms with van der Waals surface area (Å²) in [6.45, 7) is -1.24. The van der Waals surface area contributed by atoms with Crippen LogP contribution in [0, 0.1) is 11.8 Å². The maximum Gasteiger partial charge on any atom is 0.187 e. The van der Waals surface area contributed by atoms with E-state index in [2.05, 4.69) is 0 Å². The van der Waals surface area contributed by atoms with E-state index in [0.717, 1.165) is 0 Å². The van der Waals surface area contributed by atoms with Gasteiger partial charge in [0.15, 0.2) is 12.6 Å². The van der Waals surface area contributed by atoms with E-state index < -0.39 is 117 Å². The van der Waals surface area contributed by atoms with Crippen LogP contribution in [0.4, 0.5) is 0 Å². The number of hydrogen-bond acceptors (Lipinski definition) is 15. The lowest BCUT2D eigenvalue weighted by molar-refractivity contribution is -0.344. The first-order chi connectivity index (χ1) is 20.0. The second-order valence-corrected chi connectivity index (χ2v) is 12.5. The second kappa shape index (κ2) is 13.8. The fraction of sp³-hybridized carbons (Fsp3) is 1.00. The average Bonchev–Trinajstić information content (AvgIpc) is 2.98. The van der Waals surface area contributed by atoms with Gasteiger partial charge >= 0.3 is 0 Å². The van der Waals surface area contributed by atoms with Gasteiger partial charge in [0.05, 0.1) is 49.8 Å². The topological polar surface area (TPSA) is 248 Å². The third-order valence-corrected chi connectivity index (χ3v) is 9.69. The molecule has 2 saturated carbocycles. The van der Waals surface area contributed by atoms with Gasteiger partial charge in [-0.3, -0.25) is 0 Å². The standard InChI is InChI=1S/C27H46O15/c28-8-17-19(32)21(34)23(36)26(41-17)39-15-6-12(31)5-14-13(15)7-16(25(38-14)10-1-3-11(30)4-2-10)40-27-24(37)22(35)20(33)18(9-29)42-27/h10-37H,1-9H2/t10?,11?,12?,13?,14?,15?,16?,17-,18-,19-,20-,21+,22+,23-,24-,25?,26-,27-/m1/s1. The highest BCUT2D eigenvalue weighted by atomic mass is 16.7. The number of rotatable bonds is 7. The van der Waals surface area contributed by atoms with E-state index in [1.54, 1.807) is 0 Å². The predicted molar refractivity (Wildman–Crippen MR) is 137 cm³/mol. The summed E-state index contributed by atoms with van der Waals surface area (Å²) in [7, 11) is 0. The summed E-state index contributed by atoms with van der Waals surface area (Å²) in [6, 6.07) is 0. The zero-order chi connectivity index (χ0) is 30.3. The summed E-state index contributed by atoms with van der Waals surface area (Å²) in [5.41, 5.74) is 0. The Morgan fingerprint density at radius 2 is 1.05 bits per heavy atom. The molecule has 42 heavy (non-hydrogen) atoms. The molecule has 3 heterocycles. The molecule has 3 aliphatic heterocycles. The fourth-order valence-corrected chi connectivity index (χ4v) is 7.21. The molecule has 5 fully saturated rings. The average molecular weight is 611 g/mol. The Morgan fingerprint density at radius 1 is 0.524 bits per heavy atom. The molecule has 15 heteroatoms. The van der Waals surface area contributed by atoms with E-state index >= 15 is 0 Å². The number of fused-ring (bicyclic) bond motifs is 1. The van der Waals surface area contributed by atoms with Crippen molar-refractivity contribution in [1.82, 2.24) is 0 Å². The van der Waals surface area contributed by atoms with E-state index in [-0.39, 0.29) is 25.2 Å². The molecule has 0 radical (unpaired) electrons. The smallest absolute Gasteiger partial charge is 0.187 e. The highest BCUT2D eigenvalue weighted by molar-refractivity contribution is 4.99. The second-order valence-electron chi connectivity index (χ2n) is 12.5. The van der Waals surface area contributed by atoms with Gasteiger partial charge in [0, 0.05) is 12.3 Å². The first-order valence-electron chi connectivity index (χ1n) is 15.0. The molecule has 0 spiro atoms. The van der Waals surface area contributed by atoms with Crippen molar-refractivity contribution >= 4 is 0 Å². The molecule has 16 atom stereocenters. The number of aliphatic hydroxyl groups is 10. The quantitative estimate of drug-likeness (QED) is 0.131. The third-order valence-electron chi connectivity index (χ3n) is 9.69. The molecule has 5 aliphatic rings. The Hall–Kier alpha value is -0.600. The number of ether oxygens (including phenoxy) is 5. The van der Waals surface area contributed by atoms with Gasteiger partial charge in [-0.25, -0.2) is 0 Å². The summed E-state index contributed by atoms with van der Waals surface area (Å²) in [4.78, 5) is 0. The predicted octanol–water partition coefficient (Wildman–Crippen LogP) is -4.16. The van der Waals surface area contributed by atoms with Crippen LogP contribution in [0.1, 0.15) is 44.9 Å². The first kappa shape index (κ1) is 32.8. The molecule has 0 bridgehead atoms. The molecule has 10 N–H and O–H groups in total. The molecule has 15 nitrogen and oxygen atoms in total. The molecule has 0 amide bonds. The molecule has 5 rings (SSSR count). The SMILES string of the molecule is OC[C@H]1O[C@@H](OC2CC(O)CC3OC(C4CCC(O)CC4)C(O[C@@H]4O[C@H](CO)[C@@H](O)[C@H](O)[C@H]4O)CC32)[C@H](O)[C@@H](O)[C@@H]1O. The van der Waals surface area contributed by atoms with Gasteiger partial charge in [-0.2, -0.15) is 0 Å². The van der Waals surface area contributed by atoms with Crippen LogP contribution in [-0.2, 0) is 23.7 Å². The van der Waals surface area contributed by atoms with Crippen molar-refractivity contribution in [2.24, 2.45) is 11.8 Å². The lowest BCUT2D eigenvalue weighted by Crippen LogP contribution is -2.63. The fourth-order valence-electron chi connectivity index (χ4n) is 7.21. The van der Waals surface area contributed by atoms with E-state index in [9.17, 15) is 51.1 Å². The lowest BCUT2D eigenvalue weighted by Gasteiger charge is -2.52. The summed E-state index contributed by atoms with van der Waals surface area (Å²) in [5, 5.41) is 102. The van der Waals surface area contributed by atoms with Gasteiger partial charge in [0.2, 0.25) is 0 Å². The number of hydrogen-bond donors (Lipinski definition) is 10. The highest BCUT2D eigenvalue weighted by Crippen LogP contribution is 2.44. The Kier molecular flexibility index (Phi) is 10.8. The van der Waals surface area contributed by atoms with Crippen LogP contribution in [0.15, 0.2) is 0 Å².